The fraction of sp³-hybridized carbons (Fsp3) is 0.167. The molecule has 6 nitrogen and oxygen atoms in total. The van der Waals surface area contributed by atoms with E-state index in [1.807, 2.05) is 0 Å². The number of halogens is 1. The molecule has 2 aromatic carbocycles. The maximum atomic E-state index is 12.8. The van der Waals surface area contributed by atoms with Gasteiger partial charge in [0.25, 0.3) is 5.91 Å². The summed E-state index contributed by atoms with van der Waals surface area (Å²) in [6, 6.07) is 11.8. The number of hydrogen-bond donors (Lipinski definition) is 2. The molecular weight excluding hydrogens is 327 g/mol. The van der Waals surface area contributed by atoms with Crippen molar-refractivity contribution in [1.82, 2.24) is 0 Å². The van der Waals surface area contributed by atoms with E-state index in [1.165, 1.54) is 36.4 Å². The van der Waals surface area contributed by atoms with Crippen LogP contribution in [-0.2, 0) is 20.7 Å². The van der Waals surface area contributed by atoms with Crippen LogP contribution >= 0.6 is 0 Å². The van der Waals surface area contributed by atoms with Gasteiger partial charge in [-0.15, -0.1) is 0 Å². The third-order valence-electron chi connectivity index (χ3n) is 3.35. The Kier molecular flexibility index (Phi) is 6.22. The van der Waals surface area contributed by atoms with E-state index < -0.39 is 24.4 Å². The summed E-state index contributed by atoms with van der Waals surface area (Å²) in [6.45, 7) is -0.417. The van der Waals surface area contributed by atoms with Gasteiger partial charge in [-0.1, -0.05) is 12.1 Å². The Morgan fingerprint density at radius 1 is 1.00 bits per heavy atom. The molecule has 0 atom stereocenters. The van der Waals surface area contributed by atoms with Crippen LogP contribution in [0.4, 0.5) is 10.1 Å². The van der Waals surface area contributed by atoms with E-state index >= 15 is 0 Å². The zero-order chi connectivity index (χ0) is 18.2. The largest absolute Gasteiger partial charge is 0.456 e. The van der Waals surface area contributed by atoms with Crippen LogP contribution in [-0.4, -0.2) is 24.4 Å². The minimum Gasteiger partial charge on any atom is -0.456 e. The second-order valence-corrected chi connectivity index (χ2v) is 5.28. The lowest BCUT2D eigenvalue weighted by Crippen LogP contribution is -2.21. The Morgan fingerprint density at radius 2 is 1.64 bits per heavy atom. The van der Waals surface area contributed by atoms with Crippen molar-refractivity contribution < 1.29 is 23.5 Å². The van der Waals surface area contributed by atoms with Gasteiger partial charge in [0.05, 0.1) is 0 Å². The normalized spacial score (nSPS) is 10.1. The number of hydrogen-bond acceptors (Lipinski definition) is 4. The number of anilines is 1. The lowest BCUT2D eigenvalue weighted by molar-refractivity contribution is -0.147. The van der Waals surface area contributed by atoms with Crippen molar-refractivity contribution in [2.45, 2.75) is 12.8 Å². The van der Waals surface area contributed by atoms with Gasteiger partial charge in [0.1, 0.15) is 5.82 Å². The van der Waals surface area contributed by atoms with Gasteiger partial charge in [-0.2, -0.15) is 0 Å². The quantitative estimate of drug-likeness (QED) is 0.751. The summed E-state index contributed by atoms with van der Waals surface area (Å²) in [5.74, 6) is -1.93. The maximum Gasteiger partial charge on any atom is 0.306 e. The molecule has 25 heavy (non-hydrogen) atoms. The molecule has 0 bridgehead atoms. The molecule has 0 unspecified atom stereocenters. The summed E-state index contributed by atoms with van der Waals surface area (Å²) in [5.41, 5.74) is 6.70. The highest BCUT2D eigenvalue weighted by atomic mass is 19.1. The lowest BCUT2D eigenvalue weighted by atomic mass is 10.1. The number of nitrogens with one attached hydrogen (secondary N) is 1. The van der Waals surface area contributed by atoms with E-state index in [0.29, 0.717) is 17.7 Å². The highest BCUT2D eigenvalue weighted by Gasteiger charge is 2.09. The second-order valence-electron chi connectivity index (χ2n) is 5.28. The summed E-state index contributed by atoms with van der Waals surface area (Å²) >= 11 is 0. The van der Waals surface area contributed by atoms with Crippen LogP contribution in [0, 0.1) is 5.82 Å². The predicted octanol–water partition coefficient (Wildman–Crippen LogP) is 2.04. The minimum atomic E-state index is -0.562. The molecule has 2 aromatic rings. The van der Waals surface area contributed by atoms with E-state index in [0.717, 1.165) is 5.56 Å². The number of amides is 2. The molecule has 0 saturated heterocycles. The molecule has 0 aromatic heterocycles. The summed E-state index contributed by atoms with van der Waals surface area (Å²) in [6.07, 6.45) is 0.488. The molecule has 2 rings (SSSR count). The third-order valence-corrected chi connectivity index (χ3v) is 3.35. The van der Waals surface area contributed by atoms with Crippen molar-refractivity contribution in [3.05, 3.63) is 65.5 Å². The number of aryl methyl sites for hydroxylation is 1. The van der Waals surface area contributed by atoms with Crippen molar-refractivity contribution in [1.29, 1.82) is 0 Å². The first-order chi connectivity index (χ1) is 11.9. The minimum absolute atomic E-state index is 0.0895. The number of esters is 1. The maximum absolute atomic E-state index is 12.8. The molecule has 0 fully saturated rings. The summed E-state index contributed by atoms with van der Waals surface area (Å²) < 4.78 is 17.7. The summed E-state index contributed by atoms with van der Waals surface area (Å²) in [7, 11) is 0. The number of benzene rings is 2. The first kappa shape index (κ1) is 18.1. The molecule has 3 N–H and O–H groups in total. The van der Waals surface area contributed by atoms with Gasteiger partial charge < -0.3 is 15.8 Å². The van der Waals surface area contributed by atoms with Gasteiger partial charge in [-0.05, 0) is 48.4 Å². The Morgan fingerprint density at radius 3 is 2.24 bits per heavy atom. The highest BCUT2D eigenvalue weighted by molar-refractivity contribution is 5.95. The molecular formula is C18H17FN2O4. The number of carbonyl (C=O) groups is 3. The Bertz CT molecular complexity index is 758. The van der Waals surface area contributed by atoms with Crippen LogP contribution < -0.4 is 11.1 Å². The van der Waals surface area contributed by atoms with Gasteiger partial charge in [0.15, 0.2) is 6.61 Å². The number of ether oxygens (including phenoxy) is 1. The van der Waals surface area contributed by atoms with Crippen LogP contribution in [0.2, 0.25) is 0 Å². The molecule has 0 spiro atoms. The average Bonchev–Trinajstić information content (AvgIpc) is 2.60. The monoisotopic (exact) mass is 344 g/mol. The number of rotatable bonds is 7. The Balaban J connectivity index is 1.72. The molecule has 0 radical (unpaired) electrons. The summed E-state index contributed by atoms with van der Waals surface area (Å²) in [5, 5.41) is 2.53. The van der Waals surface area contributed by atoms with E-state index in [1.54, 1.807) is 12.1 Å². The molecule has 0 heterocycles. The predicted molar refractivity (Wildman–Crippen MR) is 89.3 cm³/mol. The third kappa shape index (κ3) is 6.06. The standard InChI is InChI=1S/C18H17FN2O4/c19-14-6-1-12(2-7-14)3-10-17(23)25-11-16(22)21-15-8-4-13(5-9-15)18(20)24/h1-2,4-9H,3,10-11H2,(H2,20,24)(H,21,22). The van der Waals surface area contributed by atoms with Gasteiger partial charge in [0, 0.05) is 17.7 Å². The molecule has 7 heteroatoms. The van der Waals surface area contributed by atoms with Crippen molar-refractivity contribution in [2.75, 3.05) is 11.9 Å². The van der Waals surface area contributed by atoms with Crippen LogP contribution in [0.25, 0.3) is 0 Å². The first-order valence-electron chi connectivity index (χ1n) is 7.54. The highest BCUT2D eigenvalue weighted by Crippen LogP contribution is 2.09. The van der Waals surface area contributed by atoms with E-state index in [9.17, 15) is 18.8 Å². The van der Waals surface area contributed by atoms with Gasteiger partial charge in [0.2, 0.25) is 5.91 Å². The Labute approximate surface area is 143 Å². The topological polar surface area (TPSA) is 98.5 Å². The van der Waals surface area contributed by atoms with Crippen LogP contribution in [0.1, 0.15) is 22.3 Å². The Hall–Kier alpha value is -3.22. The second kappa shape index (κ2) is 8.58. The molecule has 0 aliphatic rings. The lowest BCUT2D eigenvalue weighted by Gasteiger charge is -2.07. The zero-order valence-corrected chi connectivity index (χ0v) is 13.3. The van der Waals surface area contributed by atoms with Crippen molar-refractivity contribution in [2.24, 2.45) is 5.73 Å². The number of carbonyl (C=O) groups excluding carboxylic acids is 3. The summed E-state index contributed by atoms with van der Waals surface area (Å²) in [4.78, 5) is 34.3. The van der Waals surface area contributed by atoms with Gasteiger partial charge in [-0.3, -0.25) is 14.4 Å². The SMILES string of the molecule is NC(=O)c1ccc(NC(=O)COC(=O)CCc2ccc(F)cc2)cc1. The average molecular weight is 344 g/mol. The molecule has 2 amide bonds. The zero-order valence-electron chi connectivity index (χ0n) is 13.3. The first-order valence-corrected chi connectivity index (χ1v) is 7.54. The van der Waals surface area contributed by atoms with Gasteiger partial charge in [-0.25, -0.2) is 4.39 Å². The smallest absolute Gasteiger partial charge is 0.306 e. The molecule has 0 aliphatic carbocycles. The van der Waals surface area contributed by atoms with Crippen molar-refractivity contribution in [3.63, 3.8) is 0 Å². The van der Waals surface area contributed by atoms with E-state index in [2.05, 4.69) is 5.32 Å². The van der Waals surface area contributed by atoms with E-state index in [4.69, 9.17) is 10.5 Å². The number of nitrogens with two attached hydrogens (primary N) is 1. The van der Waals surface area contributed by atoms with Gasteiger partial charge >= 0.3 is 5.97 Å². The molecule has 0 aliphatic heterocycles. The fourth-order valence-electron chi connectivity index (χ4n) is 2.03. The van der Waals surface area contributed by atoms with Crippen molar-refractivity contribution in [3.8, 4) is 0 Å². The number of primary amides is 1. The van der Waals surface area contributed by atoms with E-state index in [-0.39, 0.29) is 12.2 Å². The van der Waals surface area contributed by atoms with Crippen LogP contribution in [0.5, 0.6) is 0 Å². The molecule has 130 valence electrons. The van der Waals surface area contributed by atoms with Crippen LogP contribution in [0.3, 0.4) is 0 Å². The van der Waals surface area contributed by atoms with Crippen LogP contribution in [0.15, 0.2) is 48.5 Å². The fourth-order valence-corrected chi connectivity index (χ4v) is 2.03. The van der Waals surface area contributed by atoms with Crippen molar-refractivity contribution >= 4 is 23.5 Å². The molecule has 0 saturated carbocycles.